The van der Waals surface area contributed by atoms with Gasteiger partial charge in [0, 0.05) is 23.2 Å². The maximum atomic E-state index is 12.5. The zero-order valence-corrected chi connectivity index (χ0v) is 13.6. The lowest BCUT2D eigenvalue weighted by molar-refractivity contribution is -0.133. The second kappa shape index (κ2) is 7.11. The Morgan fingerprint density at radius 3 is 2.59 bits per heavy atom. The maximum absolute atomic E-state index is 12.5. The standard InChI is InChI=1S/C16H22ClN3O2/c1-10-7-12(8-18)9-20(10)16(22)11(2)19-15(21)13-3-5-14(17)6-4-13/h3-6,10-12H,7-9,18H2,1-2H3,(H,19,21). The molecule has 0 radical (unpaired) electrons. The highest BCUT2D eigenvalue weighted by molar-refractivity contribution is 6.30. The molecule has 2 rings (SSSR count). The molecular formula is C16H22ClN3O2. The monoisotopic (exact) mass is 323 g/mol. The first-order chi connectivity index (χ1) is 10.4. The topological polar surface area (TPSA) is 75.4 Å². The molecule has 1 aliphatic rings. The molecule has 1 saturated heterocycles. The lowest BCUT2D eigenvalue weighted by Crippen LogP contribution is -2.48. The van der Waals surface area contributed by atoms with E-state index >= 15 is 0 Å². The Labute approximate surface area is 135 Å². The highest BCUT2D eigenvalue weighted by Crippen LogP contribution is 2.22. The van der Waals surface area contributed by atoms with Crippen LogP contribution in [-0.2, 0) is 4.79 Å². The first-order valence-corrected chi connectivity index (χ1v) is 7.87. The molecule has 5 nitrogen and oxygen atoms in total. The Balaban J connectivity index is 1.96. The van der Waals surface area contributed by atoms with E-state index in [0.29, 0.717) is 29.6 Å². The molecule has 6 heteroatoms. The average Bonchev–Trinajstić information content (AvgIpc) is 2.88. The summed E-state index contributed by atoms with van der Waals surface area (Å²) in [5.74, 6) is 0.00335. The van der Waals surface area contributed by atoms with Crippen LogP contribution in [0.15, 0.2) is 24.3 Å². The number of nitrogens with one attached hydrogen (secondary N) is 1. The Kier molecular flexibility index (Phi) is 5.42. The van der Waals surface area contributed by atoms with Crippen molar-refractivity contribution in [3.8, 4) is 0 Å². The molecule has 1 aromatic rings. The molecule has 0 aromatic heterocycles. The van der Waals surface area contributed by atoms with Crippen molar-refractivity contribution in [1.82, 2.24) is 10.2 Å². The highest BCUT2D eigenvalue weighted by Gasteiger charge is 2.34. The van der Waals surface area contributed by atoms with Crippen molar-refractivity contribution in [2.45, 2.75) is 32.4 Å². The molecule has 0 saturated carbocycles. The Morgan fingerprint density at radius 1 is 1.41 bits per heavy atom. The number of hydrogen-bond acceptors (Lipinski definition) is 3. The van der Waals surface area contributed by atoms with Gasteiger partial charge in [0.1, 0.15) is 6.04 Å². The number of carbonyl (C=O) groups excluding carboxylic acids is 2. The Bertz CT molecular complexity index is 547. The largest absolute Gasteiger partial charge is 0.341 e. The van der Waals surface area contributed by atoms with Crippen molar-refractivity contribution in [1.29, 1.82) is 0 Å². The van der Waals surface area contributed by atoms with Gasteiger partial charge in [0.25, 0.3) is 5.91 Å². The lowest BCUT2D eigenvalue weighted by Gasteiger charge is -2.25. The van der Waals surface area contributed by atoms with Gasteiger partial charge < -0.3 is 16.0 Å². The van der Waals surface area contributed by atoms with Crippen molar-refractivity contribution in [2.24, 2.45) is 11.7 Å². The average molecular weight is 324 g/mol. The molecule has 0 aliphatic carbocycles. The van der Waals surface area contributed by atoms with Gasteiger partial charge in [-0.15, -0.1) is 0 Å². The van der Waals surface area contributed by atoms with Gasteiger partial charge >= 0.3 is 0 Å². The van der Waals surface area contributed by atoms with Crippen molar-refractivity contribution in [3.63, 3.8) is 0 Å². The van der Waals surface area contributed by atoms with E-state index in [0.717, 1.165) is 6.42 Å². The fraction of sp³-hybridized carbons (Fsp3) is 0.500. The van der Waals surface area contributed by atoms with E-state index in [4.69, 9.17) is 17.3 Å². The number of likely N-dealkylation sites (tertiary alicyclic amines) is 1. The number of carbonyl (C=O) groups is 2. The summed E-state index contributed by atoms with van der Waals surface area (Å²) in [5.41, 5.74) is 6.17. The summed E-state index contributed by atoms with van der Waals surface area (Å²) in [7, 11) is 0. The predicted molar refractivity (Wildman–Crippen MR) is 86.7 cm³/mol. The SMILES string of the molecule is CC(NC(=O)c1ccc(Cl)cc1)C(=O)N1CC(CN)CC1C. The first-order valence-electron chi connectivity index (χ1n) is 7.49. The van der Waals surface area contributed by atoms with Crippen molar-refractivity contribution in [3.05, 3.63) is 34.9 Å². The third kappa shape index (κ3) is 3.78. The van der Waals surface area contributed by atoms with Crippen LogP contribution < -0.4 is 11.1 Å². The summed E-state index contributed by atoms with van der Waals surface area (Å²) in [4.78, 5) is 26.4. The van der Waals surface area contributed by atoms with E-state index in [2.05, 4.69) is 5.32 Å². The van der Waals surface area contributed by atoms with Crippen LogP contribution in [0, 0.1) is 5.92 Å². The van der Waals surface area contributed by atoms with Gasteiger partial charge in [-0.1, -0.05) is 11.6 Å². The minimum absolute atomic E-state index is 0.0641. The summed E-state index contributed by atoms with van der Waals surface area (Å²) < 4.78 is 0. The van der Waals surface area contributed by atoms with Crippen LogP contribution in [0.5, 0.6) is 0 Å². The normalized spacial score (nSPS) is 22.5. The smallest absolute Gasteiger partial charge is 0.251 e. The van der Waals surface area contributed by atoms with Crippen LogP contribution in [0.1, 0.15) is 30.6 Å². The molecule has 0 bridgehead atoms. The van der Waals surface area contributed by atoms with Gasteiger partial charge in [-0.05, 0) is 57.0 Å². The highest BCUT2D eigenvalue weighted by atomic mass is 35.5. The Morgan fingerprint density at radius 2 is 2.05 bits per heavy atom. The number of hydrogen-bond donors (Lipinski definition) is 2. The van der Waals surface area contributed by atoms with Crippen LogP contribution in [0.2, 0.25) is 5.02 Å². The van der Waals surface area contributed by atoms with E-state index in [1.54, 1.807) is 31.2 Å². The van der Waals surface area contributed by atoms with Gasteiger partial charge in [-0.25, -0.2) is 0 Å². The molecule has 1 aromatic carbocycles. The van der Waals surface area contributed by atoms with Gasteiger partial charge in [0.2, 0.25) is 5.91 Å². The molecule has 1 fully saturated rings. The molecule has 120 valence electrons. The number of amides is 2. The fourth-order valence-corrected chi connectivity index (χ4v) is 2.94. The van der Waals surface area contributed by atoms with E-state index in [1.807, 2.05) is 11.8 Å². The molecule has 3 N–H and O–H groups in total. The van der Waals surface area contributed by atoms with Crippen molar-refractivity contribution < 1.29 is 9.59 Å². The van der Waals surface area contributed by atoms with Crippen LogP contribution in [-0.4, -0.2) is 41.9 Å². The molecule has 1 aliphatic heterocycles. The number of nitrogens with two attached hydrogens (primary N) is 1. The number of nitrogens with zero attached hydrogens (tertiary/aromatic N) is 1. The summed E-state index contributed by atoms with van der Waals surface area (Å²) in [6, 6.07) is 6.17. The number of benzene rings is 1. The van der Waals surface area contributed by atoms with E-state index < -0.39 is 6.04 Å². The molecule has 2 amide bonds. The summed E-state index contributed by atoms with van der Waals surface area (Å²) in [6.45, 7) is 4.97. The van der Waals surface area contributed by atoms with Gasteiger partial charge in [0.15, 0.2) is 0 Å². The third-order valence-electron chi connectivity index (χ3n) is 4.10. The van der Waals surface area contributed by atoms with E-state index in [1.165, 1.54) is 0 Å². The summed E-state index contributed by atoms with van der Waals surface area (Å²) >= 11 is 5.80. The molecule has 22 heavy (non-hydrogen) atoms. The minimum Gasteiger partial charge on any atom is -0.341 e. The van der Waals surface area contributed by atoms with Gasteiger partial charge in [-0.3, -0.25) is 9.59 Å². The van der Waals surface area contributed by atoms with Crippen LogP contribution >= 0.6 is 11.6 Å². The van der Waals surface area contributed by atoms with Crippen LogP contribution in [0.25, 0.3) is 0 Å². The zero-order valence-electron chi connectivity index (χ0n) is 12.9. The maximum Gasteiger partial charge on any atom is 0.251 e. The second-order valence-electron chi connectivity index (χ2n) is 5.88. The summed E-state index contributed by atoms with van der Waals surface area (Å²) in [5, 5.41) is 3.31. The quantitative estimate of drug-likeness (QED) is 0.884. The van der Waals surface area contributed by atoms with E-state index in [9.17, 15) is 9.59 Å². The molecule has 1 heterocycles. The van der Waals surface area contributed by atoms with E-state index in [-0.39, 0.29) is 17.9 Å². The summed E-state index contributed by atoms with van der Waals surface area (Å²) in [6.07, 6.45) is 0.917. The fourth-order valence-electron chi connectivity index (χ4n) is 2.81. The third-order valence-corrected chi connectivity index (χ3v) is 4.35. The van der Waals surface area contributed by atoms with Gasteiger partial charge in [-0.2, -0.15) is 0 Å². The molecular weight excluding hydrogens is 302 g/mol. The first kappa shape index (κ1) is 16.8. The van der Waals surface area contributed by atoms with Crippen molar-refractivity contribution >= 4 is 23.4 Å². The Hall–Kier alpha value is -1.59. The zero-order chi connectivity index (χ0) is 16.3. The molecule has 3 unspecified atom stereocenters. The lowest BCUT2D eigenvalue weighted by atomic mass is 10.1. The number of rotatable bonds is 4. The van der Waals surface area contributed by atoms with Crippen molar-refractivity contribution in [2.75, 3.05) is 13.1 Å². The minimum atomic E-state index is -0.567. The second-order valence-corrected chi connectivity index (χ2v) is 6.32. The number of halogens is 1. The van der Waals surface area contributed by atoms with Crippen LogP contribution in [0.4, 0.5) is 0 Å². The van der Waals surface area contributed by atoms with Gasteiger partial charge in [0.05, 0.1) is 0 Å². The predicted octanol–water partition coefficient (Wildman–Crippen LogP) is 1.65. The molecule has 3 atom stereocenters. The molecule has 0 spiro atoms. The van der Waals surface area contributed by atoms with Crippen LogP contribution in [0.3, 0.4) is 0 Å².